The molecule has 0 heterocycles. The fourth-order valence-electron chi connectivity index (χ4n) is 1.84. The van der Waals surface area contributed by atoms with Crippen LogP contribution in [0.5, 0.6) is 0 Å². The molecule has 2 N–H and O–H groups in total. The molecular formula is C14H26N2O2. The number of amides is 2. The van der Waals surface area contributed by atoms with Crippen molar-refractivity contribution in [2.75, 3.05) is 6.54 Å². The van der Waals surface area contributed by atoms with Gasteiger partial charge < -0.3 is 10.6 Å². The van der Waals surface area contributed by atoms with Crippen molar-refractivity contribution in [3.05, 3.63) is 0 Å². The fourth-order valence-corrected chi connectivity index (χ4v) is 1.84. The van der Waals surface area contributed by atoms with Gasteiger partial charge in [0.15, 0.2) is 0 Å². The Kier molecular flexibility index (Phi) is 5.63. The third kappa shape index (κ3) is 4.67. The van der Waals surface area contributed by atoms with Crippen molar-refractivity contribution >= 4 is 11.8 Å². The van der Waals surface area contributed by atoms with Crippen LogP contribution in [0.4, 0.5) is 0 Å². The van der Waals surface area contributed by atoms with Gasteiger partial charge in [-0.1, -0.05) is 20.8 Å². The SMILES string of the molecule is CCC(C)NC(=O)C1CC1C(=O)NCCC(C)C. The Labute approximate surface area is 110 Å². The van der Waals surface area contributed by atoms with E-state index in [4.69, 9.17) is 0 Å². The minimum absolute atomic E-state index is 0.0355. The predicted octanol–water partition coefficient (Wildman–Crippen LogP) is 1.70. The van der Waals surface area contributed by atoms with Crippen LogP contribution in [-0.4, -0.2) is 24.4 Å². The topological polar surface area (TPSA) is 58.2 Å². The molecule has 0 spiro atoms. The first-order valence-electron chi connectivity index (χ1n) is 7.03. The van der Waals surface area contributed by atoms with Gasteiger partial charge in [0.1, 0.15) is 0 Å². The summed E-state index contributed by atoms with van der Waals surface area (Å²) in [6.07, 6.45) is 2.61. The van der Waals surface area contributed by atoms with Crippen LogP contribution in [0, 0.1) is 17.8 Å². The molecule has 1 aliphatic rings. The third-order valence-corrected chi connectivity index (χ3v) is 3.49. The van der Waals surface area contributed by atoms with Crippen LogP contribution in [-0.2, 0) is 9.59 Å². The van der Waals surface area contributed by atoms with Gasteiger partial charge >= 0.3 is 0 Å². The first-order chi connectivity index (χ1) is 8.45. The van der Waals surface area contributed by atoms with E-state index in [0.717, 1.165) is 12.8 Å². The van der Waals surface area contributed by atoms with Crippen LogP contribution >= 0.6 is 0 Å². The van der Waals surface area contributed by atoms with E-state index in [-0.39, 0.29) is 29.7 Å². The normalized spacial score (nSPS) is 23.6. The Morgan fingerprint density at radius 1 is 1.17 bits per heavy atom. The van der Waals surface area contributed by atoms with E-state index < -0.39 is 0 Å². The summed E-state index contributed by atoms with van der Waals surface area (Å²) in [6, 6.07) is 0.197. The standard InChI is InChI=1S/C14H26N2O2/c1-5-10(4)16-14(18)12-8-11(12)13(17)15-7-6-9(2)3/h9-12H,5-8H2,1-4H3,(H,15,17)(H,16,18). The summed E-state index contributed by atoms with van der Waals surface area (Å²) in [5, 5.41) is 5.84. The lowest BCUT2D eigenvalue weighted by Crippen LogP contribution is -2.35. The third-order valence-electron chi connectivity index (χ3n) is 3.49. The van der Waals surface area contributed by atoms with E-state index in [1.54, 1.807) is 0 Å². The van der Waals surface area contributed by atoms with Crippen molar-refractivity contribution in [3.8, 4) is 0 Å². The van der Waals surface area contributed by atoms with Gasteiger partial charge in [0.05, 0.1) is 11.8 Å². The summed E-state index contributed by atoms with van der Waals surface area (Å²) in [7, 11) is 0. The Morgan fingerprint density at radius 2 is 1.78 bits per heavy atom. The Hall–Kier alpha value is -1.06. The van der Waals surface area contributed by atoms with Crippen LogP contribution in [0.15, 0.2) is 0 Å². The zero-order chi connectivity index (χ0) is 13.7. The molecule has 0 bridgehead atoms. The second-order valence-electron chi connectivity index (χ2n) is 5.74. The molecule has 3 unspecified atom stereocenters. The lowest BCUT2D eigenvalue weighted by atomic mass is 10.1. The number of rotatable bonds is 7. The van der Waals surface area contributed by atoms with Crippen LogP contribution in [0.3, 0.4) is 0 Å². The monoisotopic (exact) mass is 254 g/mol. The van der Waals surface area contributed by atoms with Gasteiger partial charge in [0.25, 0.3) is 0 Å². The van der Waals surface area contributed by atoms with Crippen molar-refractivity contribution in [2.45, 2.75) is 53.0 Å². The average molecular weight is 254 g/mol. The Morgan fingerprint density at radius 3 is 2.33 bits per heavy atom. The number of carbonyl (C=O) groups excluding carboxylic acids is 2. The number of hydrogen-bond donors (Lipinski definition) is 2. The number of carbonyl (C=O) groups is 2. The highest BCUT2D eigenvalue weighted by molar-refractivity contribution is 5.92. The summed E-state index contributed by atoms with van der Waals surface area (Å²) >= 11 is 0. The smallest absolute Gasteiger partial charge is 0.224 e. The molecule has 0 saturated heterocycles. The van der Waals surface area contributed by atoms with E-state index in [1.165, 1.54) is 0 Å². The second-order valence-corrected chi connectivity index (χ2v) is 5.74. The molecular weight excluding hydrogens is 228 g/mol. The highest BCUT2D eigenvalue weighted by Crippen LogP contribution is 2.38. The zero-order valence-electron chi connectivity index (χ0n) is 12.0. The molecule has 104 valence electrons. The van der Waals surface area contributed by atoms with Gasteiger partial charge in [0, 0.05) is 12.6 Å². The summed E-state index contributed by atoms with van der Waals surface area (Å²) < 4.78 is 0. The largest absolute Gasteiger partial charge is 0.356 e. The average Bonchev–Trinajstić information content (AvgIpc) is 3.08. The van der Waals surface area contributed by atoms with Gasteiger partial charge in [-0.05, 0) is 32.1 Å². The van der Waals surface area contributed by atoms with Crippen LogP contribution < -0.4 is 10.6 Å². The van der Waals surface area contributed by atoms with Crippen molar-refractivity contribution in [1.82, 2.24) is 10.6 Å². The maximum Gasteiger partial charge on any atom is 0.224 e. The molecule has 1 saturated carbocycles. The van der Waals surface area contributed by atoms with E-state index in [2.05, 4.69) is 24.5 Å². The molecule has 0 radical (unpaired) electrons. The second kappa shape index (κ2) is 6.76. The van der Waals surface area contributed by atoms with Crippen LogP contribution in [0.2, 0.25) is 0 Å². The summed E-state index contributed by atoms with van der Waals surface area (Å²) in [6.45, 7) is 9.00. The van der Waals surface area contributed by atoms with Gasteiger partial charge in [-0.3, -0.25) is 9.59 Å². The summed E-state index contributed by atoms with van der Waals surface area (Å²) in [5.74, 6) is 0.474. The Balaban J connectivity index is 2.22. The molecule has 0 aliphatic heterocycles. The predicted molar refractivity (Wildman–Crippen MR) is 72.0 cm³/mol. The van der Waals surface area contributed by atoms with E-state index in [9.17, 15) is 9.59 Å². The molecule has 1 rings (SSSR count). The minimum atomic E-state index is -0.0990. The van der Waals surface area contributed by atoms with E-state index >= 15 is 0 Å². The minimum Gasteiger partial charge on any atom is -0.356 e. The van der Waals surface area contributed by atoms with Crippen molar-refractivity contribution in [1.29, 1.82) is 0 Å². The molecule has 0 aromatic heterocycles. The molecule has 1 fully saturated rings. The molecule has 3 atom stereocenters. The first kappa shape index (κ1) is 15.0. The molecule has 18 heavy (non-hydrogen) atoms. The molecule has 0 aromatic rings. The summed E-state index contributed by atoms with van der Waals surface area (Å²) in [5.41, 5.74) is 0. The van der Waals surface area contributed by atoms with Gasteiger partial charge in [-0.25, -0.2) is 0 Å². The lowest BCUT2D eigenvalue weighted by Gasteiger charge is -2.11. The molecule has 4 nitrogen and oxygen atoms in total. The Bertz CT molecular complexity index is 302. The molecule has 2 amide bonds. The highest BCUT2D eigenvalue weighted by Gasteiger charge is 2.47. The van der Waals surface area contributed by atoms with Crippen LogP contribution in [0.1, 0.15) is 47.0 Å². The maximum absolute atomic E-state index is 11.8. The van der Waals surface area contributed by atoms with Gasteiger partial charge in [-0.2, -0.15) is 0 Å². The van der Waals surface area contributed by atoms with Crippen LogP contribution in [0.25, 0.3) is 0 Å². The van der Waals surface area contributed by atoms with Crippen molar-refractivity contribution in [3.63, 3.8) is 0 Å². The summed E-state index contributed by atoms with van der Waals surface area (Å²) in [4.78, 5) is 23.5. The first-order valence-corrected chi connectivity index (χ1v) is 7.03. The van der Waals surface area contributed by atoms with Gasteiger partial charge in [0.2, 0.25) is 11.8 Å². The van der Waals surface area contributed by atoms with Crippen molar-refractivity contribution < 1.29 is 9.59 Å². The van der Waals surface area contributed by atoms with E-state index in [0.29, 0.717) is 18.9 Å². The maximum atomic E-state index is 11.8. The fraction of sp³-hybridized carbons (Fsp3) is 0.857. The molecule has 0 aromatic carbocycles. The molecule has 4 heteroatoms. The quantitative estimate of drug-likeness (QED) is 0.726. The van der Waals surface area contributed by atoms with E-state index in [1.807, 2.05) is 13.8 Å². The number of hydrogen-bond acceptors (Lipinski definition) is 2. The number of nitrogens with one attached hydrogen (secondary N) is 2. The lowest BCUT2D eigenvalue weighted by molar-refractivity contribution is -0.127. The zero-order valence-corrected chi connectivity index (χ0v) is 12.0. The van der Waals surface area contributed by atoms with Crippen molar-refractivity contribution in [2.24, 2.45) is 17.8 Å². The van der Waals surface area contributed by atoms with Gasteiger partial charge in [-0.15, -0.1) is 0 Å². The molecule has 1 aliphatic carbocycles. The highest BCUT2D eigenvalue weighted by atomic mass is 16.2.